The minimum atomic E-state index is -0.326. The second kappa shape index (κ2) is 8.68. The van der Waals surface area contributed by atoms with E-state index in [4.69, 9.17) is 4.74 Å². The monoisotopic (exact) mass is 432 g/mol. The molecule has 7 heteroatoms. The number of aromatic nitrogens is 2. The first kappa shape index (κ1) is 20.6. The zero-order valence-corrected chi connectivity index (χ0v) is 18.2. The van der Waals surface area contributed by atoms with Gasteiger partial charge >= 0.3 is 0 Å². The number of rotatable bonds is 6. The number of nitrogens with zero attached hydrogens (tertiary/aromatic N) is 2. The van der Waals surface area contributed by atoms with Crippen LogP contribution in [0.1, 0.15) is 6.42 Å². The van der Waals surface area contributed by atoms with Gasteiger partial charge < -0.3 is 29.6 Å². The van der Waals surface area contributed by atoms with Gasteiger partial charge in [-0.3, -0.25) is 4.79 Å². The standard InChI is InChI=1S/C25H28N4O3/c1-28-10-12-29(13-11-28)9-4-14-32-18-7-8-20-17(15-18)16-22(26-20)23-24(30)19-5-2-3-6-21(19)27-25(23)31/h2-3,5-8,15-16,26H,4,9-14H2,1H3,(H2,27,30,31). The molecule has 1 aliphatic heterocycles. The Labute approximate surface area is 186 Å². The van der Waals surface area contributed by atoms with E-state index in [1.807, 2.05) is 36.4 Å². The topological polar surface area (TPSA) is 84.6 Å². The van der Waals surface area contributed by atoms with Gasteiger partial charge in [-0.1, -0.05) is 12.1 Å². The molecule has 3 heterocycles. The van der Waals surface area contributed by atoms with E-state index >= 15 is 0 Å². The molecular weight excluding hydrogens is 404 g/mol. The SMILES string of the molecule is CN1CCN(CCCOc2ccc3[nH]c(-c4c(O)c5ccccc5[nH]c4=O)cc3c2)CC1. The lowest BCUT2D eigenvalue weighted by Crippen LogP contribution is -2.44. The summed E-state index contributed by atoms with van der Waals surface area (Å²) in [6.07, 6.45) is 0.987. The third-order valence-electron chi connectivity index (χ3n) is 6.24. The summed E-state index contributed by atoms with van der Waals surface area (Å²) >= 11 is 0. The van der Waals surface area contributed by atoms with E-state index in [1.54, 1.807) is 12.1 Å². The van der Waals surface area contributed by atoms with Crippen LogP contribution in [0.3, 0.4) is 0 Å². The fraction of sp³-hybridized carbons (Fsp3) is 0.320. The van der Waals surface area contributed by atoms with Crippen LogP contribution >= 0.6 is 0 Å². The van der Waals surface area contributed by atoms with Gasteiger partial charge in [0.05, 0.1) is 17.8 Å². The first-order valence-corrected chi connectivity index (χ1v) is 11.1. The van der Waals surface area contributed by atoms with Gasteiger partial charge in [0.1, 0.15) is 17.1 Å². The number of nitrogens with one attached hydrogen (secondary N) is 2. The molecule has 0 saturated carbocycles. The van der Waals surface area contributed by atoms with Gasteiger partial charge in [-0.15, -0.1) is 0 Å². The molecule has 0 spiro atoms. The predicted molar refractivity (Wildman–Crippen MR) is 128 cm³/mol. The van der Waals surface area contributed by atoms with Gasteiger partial charge in [0.2, 0.25) is 0 Å². The summed E-state index contributed by atoms with van der Waals surface area (Å²) in [4.78, 5) is 23.6. The maximum absolute atomic E-state index is 12.7. The van der Waals surface area contributed by atoms with Gasteiger partial charge in [-0.05, 0) is 49.9 Å². The minimum absolute atomic E-state index is 0.0173. The first-order chi connectivity index (χ1) is 15.6. The lowest BCUT2D eigenvalue weighted by atomic mass is 10.1. The average Bonchev–Trinajstić information content (AvgIpc) is 3.21. The van der Waals surface area contributed by atoms with E-state index in [9.17, 15) is 9.90 Å². The largest absolute Gasteiger partial charge is 0.506 e. The Balaban J connectivity index is 1.30. The van der Waals surface area contributed by atoms with Crippen molar-refractivity contribution in [2.45, 2.75) is 6.42 Å². The number of para-hydroxylation sites is 1. The maximum Gasteiger partial charge on any atom is 0.261 e. The molecule has 32 heavy (non-hydrogen) atoms. The molecule has 5 rings (SSSR count). The highest BCUT2D eigenvalue weighted by Gasteiger charge is 2.16. The fourth-order valence-corrected chi connectivity index (χ4v) is 4.36. The number of likely N-dealkylation sites (N-methyl/N-ethyl adjacent to an activating group) is 1. The number of benzene rings is 2. The Morgan fingerprint density at radius 3 is 2.66 bits per heavy atom. The number of hydrogen-bond donors (Lipinski definition) is 3. The fourth-order valence-electron chi connectivity index (χ4n) is 4.36. The molecule has 166 valence electrons. The van der Waals surface area contributed by atoms with Gasteiger partial charge in [0, 0.05) is 49.0 Å². The van der Waals surface area contributed by atoms with Crippen molar-refractivity contribution in [2.24, 2.45) is 0 Å². The normalized spacial score (nSPS) is 15.5. The molecule has 7 nitrogen and oxygen atoms in total. The predicted octanol–water partition coefficient (Wildman–Crippen LogP) is 3.40. The Kier molecular flexibility index (Phi) is 5.59. The lowest BCUT2D eigenvalue weighted by Gasteiger charge is -2.32. The average molecular weight is 433 g/mol. The smallest absolute Gasteiger partial charge is 0.261 e. The zero-order chi connectivity index (χ0) is 22.1. The number of H-pyrrole nitrogens is 2. The molecule has 1 saturated heterocycles. The summed E-state index contributed by atoms with van der Waals surface area (Å²) in [5, 5.41) is 12.3. The summed E-state index contributed by atoms with van der Waals surface area (Å²) in [5.41, 5.74) is 2.00. The number of aromatic hydroxyl groups is 1. The van der Waals surface area contributed by atoms with Gasteiger partial charge in [0.25, 0.3) is 5.56 Å². The second-order valence-electron chi connectivity index (χ2n) is 8.50. The van der Waals surface area contributed by atoms with Crippen LogP contribution in [0, 0.1) is 0 Å². The van der Waals surface area contributed by atoms with Gasteiger partial charge in [-0.2, -0.15) is 0 Å². The number of pyridine rings is 1. The third kappa shape index (κ3) is 4.09. The van der Waals surface area contributed by atoms with Crippen molar-refractivity contribution in [3.8, 4) is 22.8 Å². The first-order valence-electron chi connectivity index (χ1n) is 11.1. The number of hydrogen-bond acceptors (Lipinski definition) is 5. The molecule has 4 aromatic rings. The molecule has 1 fully saturated rings. The third-order valence-corrected chi connectivity index (χ3v) is 6.24. The quantitative estimate of drug-likeness (QED) is 0.407. The Hall–Kier alpha value is -3.29. The van der Waals surface area contributed by atoms with Crippen molar-refractivity contribution in [2.75, 3.05) is 46.4 Å². The molecule has 3 N–H and O–H groups in total. The lowest BCUT2D eigenvalue weighted by molar-refractivity contribution is 0.145. The Morgan fingerprint density at radius 2 is 1.81 bits per heavy atom. The zero-order valence-electron chi connectivity index (χ0n) is 18.2. The van der Waals surface area contributed by atoms with Crippen molar-refractivity contribution in [1.82, 2.24) is 19.8 Å². The summed E-state index contributed by atoms with van der Waals surface area (Å²) in [6.45, 7) is 6.21. The van der Waals surface area contributed by atoms with E-state index in [2.05, 4.69) is 26.8 Å². The van der Waals surface area contributed by atoms with Crippen LogP contribution in [0.15, 0.2) is 53.3 Å². The van der Waals surface area contributed by atoms with Crippen LogP contribution in [0.25, 0.3) is 33.1 Å². The number of piperazine rings is 1. The van der Waals surface area contributed by atoms with Gasteiger partial charge in [0.15, 0.2) is 0 Å². The molecule has 0 atom stereocenters. The molecule has 0 bridgehead atoms. The number of fused-ring (bicyclic) bond motifs is 2. The Bertz CT molecular complexity index is 1300. The summed E-state index contributed by atoms with van der Waals surface area (Å²) in [5.74, 6) is 0.786. The van der Waals surface area contributed by atoms with Crippen molar-refractivity contribution < 1.29 is 9.84 Å². The summed E-state index contributed by atoms with van der Waals surface area (Å²) in [6, 6.07) is 15.0. The van der Waals surface area contributed by atoms with E-state index in [0.29, 0.717) is 23.2 Å². The molecule has 0 radical (unpaired) electrons. The molecule has 2 aromatic carbocycles. The Morgan fingerprint density at radius 1 is 1.00 bits per heavy atom. The van der Waals surface area contributed by atoms with Gasteiger partial charge in [-0.25, -0.2) is 0 Å². The van der Waals surface area contributed by atoms with Crippen molar-refractivity contribution >= 4 is 21.8 Å². The number of aromatic amines is 2. The van der Waals surface area contributed by atoms with E-state index < -0.39 is 0 Å². The highest BCUT2D eigenvalue weighted by molar-refractivity contribution is 5.94. The molecule has 0 amide bonds. The van der Waals surface area contributed by atoms with E-state index in [-0.39, 0.29) is 16.9 Å². The second-order valence-corrected chi connectivity index (χ2v) is 8.50. The number of ether oxygens (including phenoxy) is 1. The molecule has 2 aromatic heterocycles. The van der Waals surface area contributed by atoms with Crippen LogP contribution in [0.4, 0.5) is 0 Å². The minimum Gasteiger partial charge on any atom is -0.506 e. The molecule has 0 aliphatic carbocycles. The highest BCUT2D eigenvalue weighted by atomic mass is 16.5. The molecule has 0 unspecified atom stereocenters. The highest BCUT2D eigenvalue weighted by Crippen LogP contribution is 2.33. The van der Waals surface area contributed by atoms with Crippen molar-refractivity contribution in [3.63, 3.8) is 0 Å². The van der Waals surface area contributed by atoms with Crippen molar-refractivity contribution in [3.05, 3.63) is 58.9 Å². The maximum atomic E-state index is 12.7. The molecular formula is C25H28N4O3. The van der Waals surface area contributed by atoms with Crippen molar-refractivity contribution in [1.29, 1.82) is 0 Å². The van der Waals surface area contributed by atoms with E-state index in [1.165, 1.54) is 0 Å². The molecule has 1 aliphatic rings. The van der Waals surface area contributed by atoms with Crippen LogP contribution in [-0.4, -0.2) is 71.3 Å². The van der Waals surface area contributed by atoms with Crippen LogP contribution in [0.2, 0.25) is 0 Å². The van der Waals surface area contributed by atoms with Crippen LogP contribution < -0.4 is 10.3 Å². The summed E-state index contributed by atoms with van der Waals surface area (Å²) < 4.78 is 5.98. The summed E-state index contributed by atoms with van der Waals surface area (Å²) in [7, 11) is 2.17. The van der Waals surface area contributed by atoms with Crippen LogP contribution in [0.5, 0.6) is 11.5 Å². The van der Waals surface area contributed by atoms with Crippen LogP contribution in [-0.2, 0) is 0 Å². The van der Waals surface area contributed by atoms with E-state index in [0.717, 1.165) is 55.8 Å².